The molecule has 0 spiro atoms. The summed E-state index contributed by atoms with van der Waals surface area (Å²) in [5, 5.41) is 6.77. The lowest BCUT2D eigenvalue weighted by Gasteiger charge is -2.46. The van der Waals surface area contributed by atoms with Crippen molar-refractivity contribution in [2.45, 2.75) is 62.8 Å². The van der Waals surface area contributed by atoms with Crippen LogP contribution in [0.15, 0.2) is 4.99 Å². The number of hydrogen-bond acceptors (Lipinski definition) is 2. The minimum Gasteiger partial charge on any atom is -0.354 e. The number of guanidine groups is 1. The van der Waals surface area contributed by atoms with Gasteiger partial charge in [0.05, 0.1) is 5.92 Å². The fourth-order valence-electron chi connectivity index (χ4n) is 3.38. The molecule has 1 heterocycles. The topological polar surface area (TPSA) is 39.7 Å². The first-order valence-corrected chi connectivity index (χ1v) is 8.26. The third-order valence-electron chi connectivity index (χ3n) is 5.10. The lowest BCUT2D eigenvalue weighted by Crippen LogP contribution is -2.57. The molecular weight excluding hydrogens is 293 g/mol. The van der Waals surface area contributed by atoms with Crippen LogP contribution in [0, 0.1) is 5.92 Å². The third kappa shape index (κ3) is 3.86. The van der Waals surface area contributed by atoms with E-state index >= 15 is 0 Å². The molecule has 3 aliphatic rings. The number of nitrogens with one attached hydrogen (secondary N) is 2. The van der Waals surface area contributed by atoms with Gasteiger partial charge in [-0.05, 0) is 51.6 Å². The zero-order chi connectivity index (χ0) is 15.7. The Balaban J connectivity index is 1.37. The predicted octanol–water partition coefficient (Wildman–Crippen LogP) is 2.12. The lowest BCUT2D eigenvalue weighted by atomic mass is 9.83. The molecule has 0 atom stereocenters. The van der Waals surface area contributed by atoms with E-state index in [0.717, 1.165) is 18.8 Å². The predicted molar refractivity (Wildman–Crippen MR) is 79.8 cm³/mol. The van der Waals surface area contributed by atoms with Gasteiger partial charge in [0.1, 0.15) is 0 Å². The van der Waals surface area contributed by atoms with Crippen LogP contribution in [0.4, 0.5) is 13.2 Å². The van der Waals surface area contributed by atoms with Crippen molar-refractivity contribution in [3.8, 4) is 0 Å². The quantitative estimate of drug-likeness (QED) is 0.618. The first-order chi connectivity index (χ1) is 10.5. The van der Waals surface area contributed by atoms with Gasteiger partial charge in [-0.1, -0.05) is 0 Å². The normalized spacial score (nSPS) is 31.7. The molecule has 2 saturated carbocycles. The van der Waals surface area contributed by atoms with Crippen LogP contribution in [-0.2, 0) is 0 Å². The molecule has 0 aromatic carbocycles. The average Bonchev–Trinajstić information content (AvgIpc) is 3.24. The van der Waals surface area contributed by atoms with E-state index in [1.807, 2.05) is 0 Å². The highest BCUT2D eigenvalue weighted by Gasteiger charge is 2.43. The maximum atomic E-state index is 12.7. The SMILES string of the molecule is CN=C(NC1CC1)NC1CC(N2CCC(C(F)(F)F)CC2)C1. The van der Waals surface area contributed by atoms with Gasteiger partial charge in [-0.2, -0.15) is 13.2 Å². The van der Waals surface area contributed by atoms with Crippen molar-refractivity contribution in [1.82, 2.24) is 15.5 Å². The van der Waals surface area contributed by atoms with E-state index in [4.69, 9.17) is 0 Å². The Morgan fingerprint density at radius 2 is 1.59 bits per heavy atom. The molecule has 1 aliphatic heterocycles. The van der Waals surface area contributed by atoms with Crippen molar-refractivity contribution in [2.75, 3.05) is 20.1 Å². The van der Waals surface area contributed by atoms with Crippen molar-refractivity contribution in [2.24, 2.45) is 10.9 Å². The Morgan fingerprint density at radius 3 is 2.09 bits per heavy atom. The Morgan fingerprint density at radius 1 is 1.00 bits per heavy atom. The zero-order valence-electron chi connectivity index (χ0n) is 13.0. The monoisotopic (exact) mass is 318 g/mol. The molecule has 4 nitrogen and oxygen atoms in total. The molecule has 0 unspecified atom stereocenters. The molecule has 126 valence electrons. The van der Waals surface area contributed by atoms with Gasteiger partial charge in [0.2, 0.25) is 0 Å². The van der Waals surface area contributed by atoms with Gasteiger partial charge in [0.15, 0.2) is 5.96 Å². The second-order valence-electron chi connectivity index (χ2n) is 6.81. The first kappa shape index (κ1) is 15.9. The van der Waals surface area contributed by atoms with Crippen LogP contribution in [0.2, 0.25) is 0 Å². The van der Waals surface area contributed by atoms with Crippen molar-refractivity contribution in [3.63, 3.8) is 0 Å². The molecule has 2 aliphatic carbocycles. The molecule has 2 N–H and O–H groups in total. The van der Waals surface area contributed by atoms with Crippen molar-refractivity contribution >= 4 is 5.96 Å². The molecule has 0 aromatic heterocycles. The Hall–Kier alpha value is -0.980. The molecule has 3 fully saturated rings. The summed E-state index contributed by atoms with van der Waals surface area (Å²) >= 11 is 0. The minimum absolute atomic E-state index is 0.253. The molecule has 0 amide bonds. The van der Waals surface area contributed by atoms with Crippen LogP contribution in [0.25, 0.3) is 0 Å². The molecule has 1 saturated heterocycles. The van der Waals surface area contributed by atoms with Gasteiger partial charge in [-0.3, -0.25) is 4.99 Å². The fourth-order valence-corrected chi connectivity index (χ4v) is 3.38. The maximum Gasteiger partial charge on any atom is 0.391 e. The van der Waals surface area contributed by atoms with Crippen LogP contribution in [-0.4, -0.2) is 55.3 Å². The Kier molecular flexibility index (Phi) is 4.52. The third-order valence-corrected chi connectivity index (χ3v) is 5.10. The minimum atomic E-state index is -4.02. The number of alkyl halides is 3. The Labute approximate surface area is 129 Å². The first-order valence-electron chi connectivity index (χ1n) is 8.26. The van der Waals surface area contributed by atoms with E-state index in [1.54, 1.807) is 7.05 Å². The van der Waals surface area contributed by atoms with Crippen LogP contribution < -0.4 is 10.6 Å². The van der Waals surface area contributed by atoms with E-state index < -0.39 is 12.1 Å². The highest BCUT2D eigenvalue weighted by Crippen LogP contribution is 2.36. The summed E-state index contributed by atoms with van der Waals surface area (Å²) in [7, 11) is 1.77. The van der Waals surface area contributed by atoms with Crippen LogP contribution in [0.1, 0.15) is 38.5 Å². The second-order valence-corrected chi connectivity index (χ2v) is 6.81. The van der Waals surface area contributed by atoms with Gasteiger partial charge < -0.3 is 15.5 Å². The van der Waals surface area contributed by atoms with Crippen LogP contribution >= 0.6 is 0 Å². The van der Waals surface area contributed by atoms with Crippen molar-refractivity contribution < 1.29 is 13.2 Å². The van der Waals surface area contributed by atoms with Crippen molar-refractivity contribution in [3.05, 3.63) is 0 Å². The second kappa shape index (κ2) is 6.26. The number of rotatable bonds is 3. The van der Waals surface area contributed by atoms with Gasteiger partial charge >= 0.3 is 6.18 Å². The summed E-state index contributed by atoms with van der Waals surface area (Å²) in [4.78, 5) is 6.45. The van der Waals surface area contributed by atoms with Crippen molar-refractivity contribution in [1.29, 1.82) is 0 Å². The van der Waals surface area contributed by atoms with Gasteiger partial charge in [0, 0.05) is 25.2 Å². The van der Waals surface area contributed by atoms with E-state index in [2.05, 4.69) is 20.5 Å². The number of likely N-dealkylation sites (tertiary alicyclic amines) is 1. The van der Waals surface area contributed by atoms with Gasteiger partial charge in [-0.15, -0.1) is 0 Å². The lowest BCUT2D eigenvalue weighted by molar-refractivity contribution is -0.187. The summed E-state index contributed by atoms with van der Waals surface area (Å²) in [6.45, 7) is 1.16. The van der Waals surface area contributed by atoms with E-state index in [0.29, 0.717) is 31.2 Å². The van der Waals surface area contributed by atoms with E-state index in [9.17, 15) is 13.2 Å². The van der Waals surface area contributed by atoms with Gasteiger partial charge in [0.25, 0.3) is 0 Å². The molecular formula is C15H25F3N4. The molecule has 0 bridgehead atoms. The summed E-state index contributed by atoms with van der Waals surface area (Å²) < 4.78 is 38.0. The van der Waals surface area contributed by atoms with E-state index in [-0.39, 0.29) is 12.8 Å². The van der Waals surface area contributed by atoms with Gasteiger partial charge in [-0.25, -0.2) is 0 Å². The molecule has 7 heteroatoms. The number of piperidine rings is 1. The van der Waals surface area contributed by atoms with E-state index in [1.165, 1.54) is 12.8 Å². The average molecular weight is 318 g/mol. The van der Waals surface area contributed by atoms with Crippen LogP contribution in [0.3, 0.4) is 0 Å². The van der Waals surface area contributed by atoms with Crippen LogP contribution in [0.5, 0.6) is 0 Å². The fraction of sp³-hybridized carbons (Fsp3) is 0.933. The number of aliphatic imine (C=N–C) groups is 1. The zero-order valence-corrected chi connectivity index (χ0v) is 13.0. The maximum absolute atomic E-state index is 12.7. The smallest absolute Gasteiger partial charge is 0.354 e. The summed E-state index contributed by atoms with van der Waals surface area (Å²) in [6.07, 6.45) is 0.914. The summed E-state index contributed by atoms with van der Waals surface area (Å²) in [5.74, 6) is -0.235. The molecule has 22 heavy (non-hydrogen) atoms. The number of hydrogen-bond donors (Lipinski definition) is 2. The molecule has 0 radical (unpaired) electrons. The highest BCUT2D eigenvalue weighted by molar-refractivity contribution is 5.80. The summed E-state index contributed by atoms with van der Waals surface area (Å²) in [6, 6.07) is 1.41. The molecule has 3 rings (SSSR count). The number of halogens is 3. The molecule has 0 aromatic rings. The standard InChI is InChI=1S/C15H25F3N4/c1-19-14(20-11-2-3-11)21-12-8-13(9-12)22-6-4-10(5-7-22)15(16,17)18/h10-13H,2-9H2,1H3,(H2,19,20,21). The largest absolute Gasteiger partial charge is 0.391 e. The highest BCUT2D eigenvalue weighted by atomic mass is 19.4. The Bertz CT molecular complexity index is 406. The number of nitrogens with zero attached hydrogens (tertiary/aromatic N) is 2. The summed E-state index contributed by atoms with van der Waals surface area (Å²) in [5.41, 5.74) is 0.